The van der Waals surface area contributed by atoms with E-state index in [4.69, 9.17) is 0 Å². The first-order valence-electron chi connectivity index (χ1n) is 10.5. The lowest BCUT2D eigenvalue weighted by molar-refractivity contribution is -0.139. The number of carboxylic acid groups (broad SMARTS) is 1. The number of urea groups is 1. The van der Waals surface area contributed by atoms with Crippen molar-refractivity contribution >= 4 is 17.9 Å². The van der Waals surface area contributed by atoms with E-state index in [0.717, 1.165) is 21.6 Å². The molecule has 32 heavy (non-hydrogen) atoms. The monoisotopic (exact) mass is 430 g/mol. The van der Waals surface area contributed by atoms with Gasteiger partial charge in [0.1, 0.15) is 6.04 Å². The molecule has 6 nitrogen and oxygen atoms in total. The highest BCUT2D eigenvalue weighted by Crippen LogP contribution is 2.21. The van der Waals surface area contributed by atoms with Gasteiger partial charge in [0.15, 0.2) is 0 Å². The Morgan fingerprint density at radius 3 is 2.12 bits per heavy atom. The summed E-state index contributed by atoms with van der Waals surface area (Å²) in [6, 6.07) is 23.9. The average Bonchev–Trinajstić information content (AvgIpc) is 2.83. The van der Waals surface area contributed by atoms with Gasteiger partial charge < -0.3 is 10.4 Å². The van der Waals surface area contributed by atoms with Crippen molar-refractivity contribution in [3.63, 3.8) is 0 Å². The number of carbonyl (C=O) groups is 3. The van der Waals surface area contributed by atoms with Gasteiger partial charge in [-0.05, 0) is 35.2 Å². The second-order valence-electron chi connectivity index (χ2n) is 7.43. The zero-order chi connectivity index (χ0) is 22.9. The molecule has 164 valence electrons. The van der Waals surface area contributed by atoms with Gasteiger partial charge in [-0.1, -0.05) is 79.7 Å². The van der Waals surface area contributed by atoms with Crippen molar-refractivity contribution in [2.45, 2.75) is 25.8 Å². The Morgan fingerprint density at radius 1 is 0.875 bits per heavy atom. The number of aliphatic carboxylic acids is 1. The Hall–Kier alpha value is -3.93. The molecule has 0 aliphatic carbocycles. The summed E-state index contributed by atoms with van der Waals surface area (Å²) in [7, 11) is 0. The molecule has 0 heterocycles. The first kappa shape index (κ1) is 22.7. The summed E-state index contributed by atoms with van der Waals surface area (Å²) in [6.07, 6.45) is 0.674. The number of rotatable bonds is 8. The van der Waals surface area contributed by atoms with Crippen LogP contribution < -0.4 is 5.32 Å². The number of hydrogen-bond donors (Lipinski definition) is 2. The van der Waals surface area contributed by atoms with Gasteiger partial charge in [-0.25, -0.2) is 9.59 Å². The quantitative estimate of drug-likeness (QED) is 0.546. The predicted molar refractivity (Wildman–Crippen MR) is 123 cm³/mol. The molecular formula is C26H26N2O4. The van der Waals surface area contributed by atoms with E-state index in [1.165, 1.54) is 0 Å². The molecule has 2 N–H and O–H groups in total. The maximum Gasteiger partial charge on any atom is 0.326 e. The minimum Gasteiger partial charge on any atom is -0.480 e. The third-order valence-electron chi connectivity index (χ3n) is 5.03. The SMILES string of the molecule is CCCN(C(=O)NC(Cc1ccccc1)C(=O)O)C(=O)c1cccc(-c2ccccc2)c1. The summed E-state index contributed by atoms with van der Waals surface area (Å²) in [4.78, 5) is 38.9. The van der Waals surface area contributed by atoms with E-state index in [2.05, 4.69) is 5.32 Å². The molecule has 0 aliphatic heterocycles. The minimum absolute atomic E-state index is 0.125. The summed E-state index contributed by atoms with van der Waals surface area (Å²) in [5.74, 6) is -1.62. The number of carboxylic acids is 1. The molecule has 1 unspecified atom stereocenters. The van der Waals surface area contributed by atoms with Crippen LogP contribution in [0.3, 0.4) is 0 Å². The lowest BCUT2D eigenvalue weighted by atomic mass is 10.0. The number of nitrogens with one attached hydrogen (secondary N) is 1. The van der Waals surface area contributed by atoms with Gasteiger partial charge in [0.05, 0.1) is 0 Å². The van der Waals surface area contributed by atoms with Crippen LogP contribution in [0.2, 0.25) is 0 Å². The summed E-state index contributed by atoms with van der Waals surface area (Å²) in [6.45, 7) is 2.03. The van der Waals surface area contributed by atoms with Crippen LogP contribution in [0.1, 0.15) is 29.3 Å². The predicted octanol–water partition coefficient (Wildman–Crippen LogP) is 4.61. The Morgan fingerprint density at radius 2 is 1.50 bits per heavy atom. The maximum atomic E-state index is 13.2. The van der Waals surface area contributed by atoms with E-state index in [9.17, 15) is 19.5 Å². The number of benzene rings is 3. The second kappa shape index (κ2) is 10.9. The number of amides is 3. The first-order chi connectivity index (χ1) is 15.5. The van der Waals surface area contributed by atoms with E-state index in [-0.39, 0.29) is 13.0 Å². The van der Waals surface area contributed by atoms with Crippen LogP contribution in [0.4, 0.5) is 4.79 Å². The molecule has 6 heteroatoms. The zero-order valence-electron chi connectivity index (χ0n) is 17.9. The average molecular weight is 431 g/mol. The summed E-state index contributed by atoms with van der Waals surface area (Å²) in [5.41, 5.74) is 2.97. The molecule has 0 aromatic heterocycles. The fraction of sp³-hybridized carbons (Fsp3) is 0.192. The Balaban J connectivity index is 1.79. The third-order valence-corrected chi connectivity index (χ3v) is 5.03. The van der Waals surface area contributed by atoms with E-state index in [1.54, 1.807) is 30.3 Å². The molecule has 0 saturated carbocycles. The molecule has 3 rings (SSSR count). The van der Waals surface area contributed by atoms with Crippen molar-refractivity contribution in [3.8, 4) is 11.1 Å². The van der Waals surface area contributed by atoms with Crippen LogP contribution in [-0.2, 0) is 11.2 Å². The molecule has 0 radical (unpaired) electrons. The van der Waals surface area contributed by atoms with Crippen molar-refractivity contribution in [3.05, 3.63) is 96.1 Å². The van der Waals surface area contributed by atoms with E-state index >= 15 is 0 Å². The first-order valence-corrected chi connectivity index (χ1v) is 10.5. The molecule has 3 aromatic carbocycles. The highest BCUT2D eigenvalue weighted by molar-refractivity contribution is 6.05. The summed E-state index contributed by atoms with van der Waals surface area (Å²) < 4.78 is 0. The standard InChI is InChI=1S/C26H26N2O4/c1-2-16-28(26(32)27-23(25(30)31)17-19-10-5-3-6-11-19)24(29)22-15-9-14-21(18-22)20-12-7-4-8-13-20/h3-15,18,23H,2,16-17H2,1H3,(H,27,32)(H,30,31). The van der Waals surface area contributed by atoms with Crippen molar-refractivity contribution in [2.24, 2.45) is 0 Å². The largest absolute Gasteiger partial charge is 0.480 e. The van der Waals surface area contributed by atoms with Gasteiger partial charge in [-0.15, -0.1) is 0 Å². The highest BCUT2D eigenvalue weighted by Gasteiger charge is 2.27. The lowest BCUT2D eigenvalue weighted by Crippen LogP contribution is -2.51. The van der Waals surface area contributed by atoms with Crippen LogP contribution in [-0.4, -0.2) is 40.5 Å². The topological polar surface area (TPSA) is 86.7 Å². The van der Waals surface area contributed by atoms with Gasteiger partial charge in [-0.2, -0.15) is 0 Å². The minimum atomic E-state index is -1.16. The van der Waals surface area contributed by atoms with E-state index in [0.29, 0.717) is 12.0 Å². The number of nitrogens with zero attached hydrogens (tertiary/aromatic N) is 1. The Labute approximate surface area is 187 Å². The van der Waals surface area contributed by atoms with E-state index in [1.807, 2.05) is 61.5 Å². The van der Waals surface area contributed by atoms with Crippen LogP contribution in [0.5, 0.6) is 0 Å². The number of hydrogen-bond acceptors (Lipinski definition) is 3. The smallest absolute Gasteiger partial charge is 0.326 e. The Bertz CT molecular complexity index is 1070. The van der Waals surface area contributed by atoms with Gasteiger partial charge >= 0.3 is 12.0 Å². The zero-order valence-corrected chi connectivity index (χ0v) is 17.9. The molecular weight excluding hydrogens is 404 g/mol. The molecule has 3 amide bonds. The molecule has 0 saturated heterocycles. The maximum absolute atomic E-state index is 13.2. The highest BCUT2D eigenvalue weighted by atomic mass is 16.4. The van der Waals surface area contributed by atoms with Crippen LogP contribution in [0.15, 0.2) is 84.9 Å². The molecule has 0 fully saturated rings. The van der Waals surface area contributed by atoms with E-state index < -0.39 is 23.9 Å². The number of carbonyl (C=O) groups excluding carboxylic acids is 2. The third kappa shape index (κ3) is 5.82. The Kier molecular flexibility index (Phi) is 7.75. The fourth-order valence-corrected chi connectivity index (χ4v) is 3.41. The van der Waals surface area contributed by atoms with Gasteiger partial charge in [0, 0.05) is 18.5 Å². The van der Waals surface area contributed by atoms with Crippen LogP contribution >= 0.6 is 0 Å². The summed E-state index contributed by atoms with van der Waals surface area (Å²) in [5, 5.41) is 12.1. The fourth-order valence-electron chi connectivity index (χ4n) is 3.41. The van der Waals surface area contributed by atoms with Gasteiger partial charge in [-0.3, -0.25) is 9.69 Å². The molecule has 0 aliphatic rings. The lowest BCUT2D eigenvalue weighted by Gasteiger charge is -2.23. The van der Waals surface area contributed by atoms with Crippen molar-refractivity contribution < 1.29 is 19.5 Å². The van der Waals surface area contributed by atoms with Crippen molar-refractivity contribution in [2.75, 3.05) is 6.54 Å². The van der Waals surface area contributed by atoms with Crippen molar-refractivity contribution in [1.82, 2.24) is 10.2 Å². The van der Waals surface area contributed by atoms with Crippen LogP contribution in [0, 0.1) is 0 Å². The molecule has 1 atom stereocenters. The molecule has 0 spiro atoms. The molecule has 3 aromatic rings. The van der Waals surface area contributed by atoms with Gasteiger partial charge in [0.25, 0.3) is 5.91 Å². The van der Waals surface area contributed by atoms with Crippen LogP contribution in [0.25, 0.3) is 11.1 Å². The normalized spacial score (nSPS) is 11.4. The molecule has 0 bridgehead atoms. The van der Waals surface area contributed by atoms with Gasteiger partial charge in [0.2, 0.25) is 0 Å². The van der Waals surface area contributed by atoms with Crippen molar-refractivity contribution in [1.29, 1.82) is 0 Å². The second-order valence-corrected chi connectivity index (χ2v) is 7.43. The number of imide groups is 1. The summed E-state index contributed by atoms with van der Waals surface area (Å²) >= 11 is 0.